The molecule has 1 aliphatic carbocycles. The monoisotopic (exact) mass is 355 g/mol. The van der Waals surface area contributed by atoms with Crippen molar-refractivity contribution in [1.29, 1.82) is 0 Å². The number of nitrogens with one attached hydrogen (secondary N) is 1. The van der Waals surface area contributed by atoms with E-state index >= 15 is 0 Å². The molecule has 0 radical (unpaired) electrons. The molecule has 0 saturated heterocycles. The first-order valence-electron chi connectivity index (χ1n) is 8.81. The van der Waals surface area contributed by atoms with Crippen LogP contribution in [0.5, 0.6) is 0 Å². The van der Waals surface area contributed by atoms with Crippen LogP contribution in [0.3, 0.4) is 0 Å². The van der Waals surface area contributed by atoms with Crippen molar-refractivity contribution < 1.29 is 0 Å². The Labute approximate surface area is 157 Å². The first-order chi connectivity index (χ1) is 11.8. The number of thiol groups is 1. The Kier molecular flexibility index (Phi) is 6.65. The zero-order valence-corrected chi connectivity index (χ0v) is 16.8. The molecular weight excluding hydrogens is 326 g/mol. The van der Waals surface area contributed by atoms with Gasteiger partial charge in [-0.05, 0) is 62.7 Å². The normalized spacial score (nSPS) is 19.4. The second-order valence-electron chi connectivity index (χ2n) is 7.47. The van der Waals surface area contributed by atoms with Gasteiger partial charge in [-0.1, -0.05) is 60.6 Å². The molecule has 0 bridgehead atoms. The Hall–Kier alpha value is -1.81. The highest BCUT2D eigenvalue weighted by Gasteiger charge is 2.26. The van der Waals surface area contributed by atoms with E-state index in [1.165, 1.54) is 36.0 Å². The number of nitrogens with zero attached hydrogens (tertiary/aromatic N) is 2. The summed E-state index contributed by atoms with van der Waals surface area (Å²) in [6.45, 7) is 11.1. The molecule has 0 unspecified atom stereocenters. The van der Waals surface area contributed by atoms with Gasteiger partial charge >= 0.3 is 0 Å². The van der Waals surface area contributed by atoms with Gasteiger partial charge in [-0.2, -0.15) is 0 Å². The summed E-state index contributed by atoms with van der Waals surface area (Å²) in [6.07, 6.45) is 16.6. The summed E-state index contributed by atoms with van der Waals surface area (Å²) in [5, 5.41) is 11.0. The van der Waals surface area contributed by atoms with Gasteiger partial charge in [0.05, 0.1) is 5.69 Å². The smallest absolute Gasteiger partial charge is 0.143 e. The van der Waals surface area contributed by atoms with Crippen molar-refractivity contribution in [2.45, 2.75) is 58.9 Å². The van der Waals surface area contributed by atoms with Crippen LogP contribution in [0.25, 0.3) is 6.08 Å². The lowest BCUT2D eigenvalue weighted by Crippen LogP contribution is -2.19. The van der Waals surface area contributed by atoms with Crippen molar-refractivity contribution in [3.63, 3.8) is 0 Å². The highest BCUT2D eigenvalue weighted by atomic mass is 32.1. The molecule has 134 valence electrons. The van der Waals surface area contributed by atoms with Crippen LogP contribution in [-0.4, -0.2) is 15.4 Å². The Balaban J connectivity index is 2.04. The van der Waals surface area contributed by atoms with Crippen LogP contribution in [0.1, 0.15) is 59.6 Å². The molecule has 1 heterocycles. The summed E-state index contributed by atoms with van der Waals surface area (Å²) in [7, 11) is 0. The summed E-state index contributed by atoms with van der Waals surface area (Å²) >= 11 is 4.25. The average Bonchev–Trinajstić information content (AvgIpc) is 2.91. The number of H-pyrrole nitrogens is 1. The molecule has 1 aliphatic rings. The Morgan fingerprint density at radius 1 is 1.20 bits per heavy atom. The summed E-state index contributed by atoms with van der Waals surface area (Å²) in [5.74, 6) is 0. The minimum atomic E-state index is 0.289. The van der Waals surface area contributed by atoms with Gasteiger partial charge in [-0.15, -0.1) is 17.7 Å². The van der Waals surface area contributed by atoms with Crippen LogP contribution in [0, 0.1) is 5.41 Å². The lowest BCUT2D eigenvalue weighted by Gasteiger charge is -2.32. The fourth-order valence-electron chi connectivity index (χ4n) is 3.24. The number of hydrogen-bond donors (Lipinski definition) is 2. The summed E-state index contributed by atoms with van der Waals surface area (Å²) in [5.41, 5.74) is 6.50. The molecule has 25 heavy (non-hydrogen) atoms. The maximum Gasteiger partial charge on any atom is 0.143 e. The van der Waals surface area contributed by atoms with Crippen molar-refractivity contribution in [3.05, 3.63) is 58.4 Å². The second kappa shape index (κ2) is 8.52. The van der Waals surface area contributed by atoms with E-state index in [4.69, 9.17) is 0 Å². The van der Waals surface area contributed by atoms with Crippen LogP contribution < -0.4 is 0 Å². The van der Waals surface area contributed by atoms with Crippen LogP contribution in [0.2, 0.25) is 0 Å². The highest BCUT2D eigenvalue weighted by molar-refractivity contribution is 7.80. The number of hydrogen-bond acceptors (Lipinski definition) is 3. The largest absolute Gasteiger partial charge is 0.257 e. The van der Waals surface area contributed by atoms with Crippen molar-refractivity contribution in [2.24, 2.45) is 5.41 Å². The predicted octanol–water partition coefficient (Wildman–Crippen LogP) is 6.08. The van der Waals surface area contributed by atoms with Gasteiger partial charge in [0.25, 0.3) is 0 Å². The molecular formula is C21H29N3S. The first-order valence-corrected chi connectivity index (χ1v) is 9.26. The van der Waals surface area contributed by atoms with E-state index in [1.807, 2.05) is 13.0 Å². The molecule has 4 heteroatoms. The molecule has 1 aromatic rings. The van der Waals surface area contributed by atoms with Crippen molar-refractivity contribution >= 4 is 18.7 Å². The third kappa shape index (κ3) is 5.60. The number of aromatic amines is 1. The minimum absolute atomic E-state index is 0.289. The molecule has 0 fully saturated rings. The van der Waals surface area contributed by atoms with Crippen LogP contribution in [-0.2, 0) is 0 Å². The van der Waals surface area contributed by atoms with E-state index in [2.05, 4.69) is 86.1 Å². The maximum atomic E-state index is 4.25. The minimum Gasteiger partial charge on any atom is -0.257 e. The van der Waals surface area contributed by atoms with E-state index in [-0.39, 0.29) is 5.41 Å². The Bertz CT molecular complexity index is 758. The summed E-state index contributed by atoms with van der Waals surface area (Å²) in [6, 6.07) is 0. The van der Waals surface area contributed by atoms with Gasteiger partial charge in [-0.3, -0.25) is 5.10 Å². The fourth-order valence-corrected chi connectivity index (χ4v) is 3.39. The quantitative estimate of drug-likeness (QED) is 0.496. The zero-order valence-electron chi connectivity index (χ0n) is 15.9. The molecule has 2 rings (SSSR count). The fraction of sp³-hybridized carbons (Fsp3) is 0.429. The van der Waals surface area contributed by atoms with E-state index < -0.39 is 0 Å². The maximum absolute atomic E-state index is 4.25. The van der Waals surface area contributed by atoms with E-state index in [9.17, 15) is 0 Å². The predicted molar refractivity (Wildman–Crippen MR) is 110 cm³/mol. The molecule has 1 N–H and O–H groups in total. The molecule has 0 atom stereocenters. The standard InChI is InChI=1S/C21H29N3S/c1-15(11-12-18-17(3)10-7-13-21(18,4)5)8-6-9-16(2)14-19-20(25)23-24-22-19/h6,8-9,11-12,14H,7,10,13H2,1-5H3,(H2,22,23,24,25)/b9-6+,12-11+,15-8+,16-14+. The molecule has 0 aliphatic heterocycles. The van der Waals surface area contributed by atoms with E-state index in [0.29, 0.717) is 5.03 Å². The Morgan fingerprint density at radius 3 is 2.60 bits per heavy atom. The van der Waals surface area contributed by atoms with Crippen molar-refractivity contribution in [1.82, 2.24) is 15.4 Å². The van der Waals surface area contributed by atoms with Gasteiger partial charge in [-0.25, -0.2) is 0 Å². The molecule has 3 nitrogen and oxygen atoms in total. The van der Waals surface area contributed by atoms with Crippen molar-refractivity contribution in [2.75, 3.05) is 0 Å². The van der Waals surface area contributed by atoms with Crippen LogP contribution >= 0.6 is 12.6 Å². The van der Waals surface area contributed by atoms with Gasteiger partial charge in [0.2, 0.25) is 0 Å². The summed E-state index contributed by atoms with van der Waals surface area (Å²) in [4.78, 5) is 0. The van der Waals surface area contributed by atoms with E-state index in [0.717, 1.165) is 11.3 Å². The number of rotatable bonds is 5. The first kappa shape index (κ1) is 19.5. The van der Waals surface area contributed by atoms with E-state index in [1.54, 1.807) is 0 Å². The van der Waals surface area contributed by atoms with Gasteiger partial charge < -0.3 is 0 Å². The molecule has 0 amide bonds. The van der Waals surface area contributed by atoms with Gasteiger partial charge in [0, 0.05) is 0 Å². The van der Waals surface area contributed by atoms with Gasteiger partial charge in [0.15, 0.2) is 0 Å². The molecule has 1 aromatic heterocycles. The zero-order chi connectivity index (χ0) is 18.4. The van der Waals surface area contributed by atoms with Crippen LogP contribution in [0.4, 0.5) is 0 Å². The second-order valence-corrected chi connectivity index (χ2v) is 7.90. The topological polar surface area (TPSA) is 41.6 Å². The van der Waals surface area contributed by atoms with Crippen LogP contribution in [0.15, 0.2) is 57.7 Å². The number of allylic oxidation sites excluding steroid dienone is 9. The lowest BCUT2D eigenvalue weighted by molar-refractivity contribution is 0.377. The van der Waals surface area contributed by atoms with Crippen molar-refractivity contribution in [3.8, 4) is 0 Å². The molecule has 0 spiro atoms. The summed E-state index contributed by atoms with van der Waals surface area (Å²) < 4.78 is 0. The molecule has 0 aromatic carbocycles. The third-order valence-corrected chi connectivity index (χ3v) is 5.03. The highest BCUT2D eigenvalue weighted by Crippen LogP contribution is 2.40. The lowest BCUT2D eigenvalue weighted by atomic mass is 9.72. The Morgan fingerprint density at radius 2 is 1.96 bits per heavy atom. The van der Waals surface area contributed by atoms with Gasteiger partial charge in [0.1, 0.15) is 5.03 Å². The molecule has 0 saturated carbocycles. The SMILES string of the molecule is CC1=C(/C=C/C(C)=C/C=C/C(C)=C/c2[nH]nnc2S)C(C)(C)CCC1. The third-order valence-electron chi connectivity index (χ3n) is 4.70. The number of aromatic nitrogens is 3. The average molecular weight is 356 g/mol.